The molecule has 1 aliphatic heterocycles. The van der Waals surface area contributed by atoms with Gasteiger partial charge in [0.05, 0.1) is 0 Å². The number of carbonyl (C=O) groups excluding carboxylic acids is 3. The van der Waals surface area contributed by atoms with Gasteiger partial charge in [-0.3, -0.25) is 14.4 Å². The number of rotatable bonds is 10. The second-order valence-corrected chi connectivity index (χ2v) is 9.68. The highest BCUT2D eigenvalue weighted by atomic mass is 31.2. The van der Waals surface area contributed by atoms with Gasteiger partial charge in [0.2, 0.25) is 6.29 Å². The standard InChI is InChI=1S/C25H29O11P/c1-16-22(15-30-17(2)26)33-25(24(32-19(4)28)23(16)31-18(3)27)36-37(29,34-20-11-7-5-8-12-20)35-21-13-9-6-10-14-21/h5-14,16,22-25H,15H2,1-4H3/t16-,22-,23+,24+,25-/m1/s1. The first-order valence-electron chi connectivity index (χ1n) is 11.5. The van der Waals surface area contributed by atoms with Crippen LogP contribution in [0.15, 0.2) is 60.7 Å². The Kier molecular flexibility index (Phi) is 9.68. The van der Waals surface area contributed by atoms with Crippen LogP contribution < -0.4 is 9.05 Å². The number of carbonyl (C=O) groups is 3. The zero-order valence-electron chi connectivity index (χ0n) is 20.8. The zero-order valence-corrected chi connectivity index (χ0v) is 21.7. The van der Waals surface area contributed by atoms with E-state index < -0.39 is 56.3 Å². The van der Waals surface area contributed by atoms with Crippen molar-refractivity contribution in [3.05, 3.63) is 60.7 Å². The fourth-order valence-electron chi connectivity index (χ4n) is 3.60. The topological polar surface area (TPSA) is 133 Å². The third-order valence-corrected chi connectivity index (χ3v) is 6.55. The van der Waals surface area contributed by atoms with E-state index in [1.165, 1.54) is 13.8 Å². The van der Waals surface area contributed by atoms with Gasteiger partial charge in [-0.05, 0) is 24.3 Å². The Morgan fingerprint density at radius 3 is 1.73 bits per heavy atom. The second-order valence-electron chi connectivity index (χ2n) is 8.21. The van der Waals surface area contributed by atoms with Gasteiger partial charge in [0.1, 0.15) is 30.3 Å². The van der Waals surface area contributed by atoms with Crippen LogP contribution >= 0.6 is 7.82 Å². The predicted molar refractivity (Wildman–Crippen MR) is 128 cm³/mol. The molecule has 0 amide bonds. The fraction of sp³-hybridized carbons (Fsp3) is 0.400. The molecule has 12 heteroatoms. The minimum absolute atomic E-state index is 0.169. The lowest BCUT2D eigenvalue weighted by Crippen LogP contribution is -2.58. The van der Waals surface area contributed by atoms with Crippen molar-refractivity contribution in [3.8, 4) is 11.5 Å². The number of phosphoric acid groups is 1. The van der Waals surface area contributed by atoms with Crippen LogP contribution in [0.4, 0.5) is 0 Å². The summed E-state index contributed by atoms with van der Waals surface area (Å²) < 4.78 is 52.9. The molecule has 0 aromatic heterocycles. The largest absolute Gasteiger partial charge is 0.590 e. The number of hydrogen-bond donors (Lipinski definition) is 0. The van der Waals surface area contributed by atoms with E-state index in [9.17, 15) is 18.9 Å². The Hall–Kier alpha value is -3.40. The summed E-state index contributed by atoms with van der Waals surface area (Å²) in [6, 6.07) is 16.3. The van der Waals surface area contributed by atoms with Crippen LogP contribution in [-0.2, 0) is 42.4 Å². The lowest BCUT2D eigenvalue weighted by atomic mass is 9.90. The molecule has 1 heterocycles. The maximum atomic E-state index is 14.0. The Bertz CT molecular complexity index is 1060. The highest BCUT2D eigenvalue weighted by Crippen LogP contribution is 2.52. The van der Waals surface area contributed by atoms with E-state index in [-0.39, 0.29) is 18.1 Å². The molecule has 1 aliphatic rings. The minimum atomic E-state index is -4.52. The summed E-state index contributed by atoms with van der Waals surface area (Å²) in [4.78, 5) is 35.3. The van der Waals surface area contributed by atoms with Crippen molar-refractivity contribution in [1.29, 1.82) is 0 Å². The summed E-state index contributed by atoms with van der Waals surface area (Å²) in [7, 11) is -4.52. The van der Waals surface area contributed by atoms with Crippen molar-refractivity contribution >= 4 is 25.7 Å². The summed E-state index contributed by atoms with van der Waals surface area (Å²) in [5.41, 5.74) is 0. The van der Waals surface area contributed by atoms with Crippen LogP contribution in [0.2, 0.25) is 0 Å². The maximum Gasteiger partial charge on any atom is 0.590 e. The monoisotopic (exact) mass is 536 g/mol. The average Bonchev–Trinajstić information content (AvgIpc) is 2.82. The molecule has 0 spiro atoms. The molecule has 2 aromatic rings. The Labute approximate surface area is 214 Å². The predicted octanol–water partition coefficient (Wildman–Crippen LogP) is 4.06. The highest BCUT2D eigenvalue weighted by Gasteiger charge is 2.52. The van der Waals surface area contributed by atoms with Gasteiger partial charge in [-0.1, -0.05) is 43.3 Å². The average molecular weight is 536 g/mol. The summed E-state index contributed by atoms with van der Waals surface area (Å²) in [6.07, 6.45) is -4.92. The van der Waals surface area contributed by atoms with Gasteiger partial charge in [0.15, 0.2) is 6.10 Å². The smallest absolute Gasteiger partial charge is 0.463 e. The van der Waals surface area contributed by atoms with Gasteiger partial charge >= 0.3 is 25.7 Å². The number of ether oxygens (including phenoxy) is 4. The molecular formula is C25H29O11P. The molecule has 2 aromatic carbocycles. The number of phosphoric ester groups is 1. The molecule has 0 unspecified atom stereocenters. The number of benzene rings is 2. The molecule has 0 aliphatic carbocycles. The van der Waals surface area contributed by atoms with E-state index in [1.807, 2.05) is 0 Å². The van der Waals surface area contributed by atoms with Crippen molar-refractivity contribution in [2.45, 2.75) is 52.3 Å². The highest BCUT2D eigenvalue weighted by molar-refractivity contribution is 7.49. The number of hydrogen-bond acceptors (Lipinski definition) is 11. The fourth-order valence-corrected chi connectivity index (χ4v) is 4.91. The van der Waals surface area contributed by atoms with Crippen molar-refractivity contribution in [2.24, 2.45) is 5.92 Å². The van der Waals surface area contributed by atoms with Crippen molar-refractivity contribution in [2.75, 3.05) is 6.61 Å². The molecule has 3 rings (SSSR count). The van der Waals surface area contributed by atoms with E-state index in [0.29, 0.717) is 0 Å². The lowest BCUT2D eigenvalue weighted by molar-refractivity contribution is -0.274. The summed E-state index contributed by atoms with van der Waals surface area (Å²) in [5.74, 6) is -2.23. The molecule has 0 radical (unpaired) electrons. The lowest BCUT2D eigenvalue weighted by Gasteiger charge is -2.43. The van der Waals surface area contributed by atoms with Gasteiger partial charge in [-0.2, -0.15) is 0 Å². The Morgan fingerprint density at radius 1 is 0.784 bits per heavy atom. The van der Waals surface area contributed by atoms with Gasteiger partial charge in [-0.25, -0.2) is 9.09 Å². The van der Waals surface area contributed by atoms with E-state index >= 15 is 0 Å². The molecule has 200 valence electrons. The molecular weight excluding hydrogens is 507 g/mol. The van der Waals surface area contributed by atoms with Crippen molar-refractivity contribution in [3.63, 3.8) is 0 Å². The quantitative estimate of drug-likeness (QED) is 0.247. The third-order valence-electron chi connectivity index (χ3n) is 5.21. The van der Waals surface area contributed by atoms with Crippen LogP contribution in [0.1, 0.15) is 27.7 Å². The van der Waals surface area contributed by atoms with E-state index in [1.54, 1.807) is 67.6 Å². The SMILES string of the molecule is CC(=O)OC[C@H]1O[C@H](OP(=O)(Oc2ccccc2)Oc2ccccc2)[C@@H](OC(C)=O)[C@@H](OC(C)=O)[C@@H]1C. The summed E-state index contributed by atoms with van der Waals surface area (Å²) in [6.45, 7) is 4.99. The summed E-state index contributed by atoms with van der Waals surface area (Å²) in [5, 5.41) is 0. The number of para-hydroxylation sites is 2. The second kappa shape index (κ2) is 12.7. The number of esters is 3. The van der Waals surface area contributed by atoms with E-state index in [0.717, 1.165) is 6.92 Å². The third kappa shape index (κ3) is 8.31. The maximum absolute atomic E-state index is 14.0. The zero-order chi connectivity index (χ0) is 27.0. The van der Waals surface area contributed by atoms with Crippen molar-refractivity contribution in [1.82, 2.24) is 0 Å². The van der Waals surface area contributed by atoms with Gasteiger partial charge in [-0.15, -0.1) is 0 Å². The molecule has 11 nitrogen and oxygen atoms in total. The van der Waals surface area contributed by atoms with E-state index in [4.69, 9.17) is 32.5 Å². The Morgan fingerprint density at radius 2 is 1.27 bits per heavy atom. The van der Waals surface area contributed by atoms with Gasteiger partial charge in [0.25, 0.3) is 0 Å². The summed E-state index contributed by atoms with van der Waals surface area (Å²) >= 11 is 0. The van der Waals surface area contributed by atoms with Crippen molar-refractivity contribution < 1.29 is 51.5 Å². The van der Waals surface area contributed by atoms with Gasteiger partial charge < -0.3 is 28.0 Å². The first-order valence-corrected chi connectivity index (χ1v) is 12.9. The van der Waals surface area contributed by atoms with Crippen LogP contribution in [0.5, 0.6) is 11.5 Å². The first kappa shape index (κ1) is 28.2. The van der Waals surface area contributed by atoms with Crippen LogP contribution in [-0.4, -0.2) is 49.1 Å². The molecule has 1 fully saturated rings. The molecule has 1 saturated heterocycles. The van der Waals surface area contributed by atoms with Crippen LogP contribution in [0.25, 0.3) is 0 Å². The molecule has 37 heavy (non-hydrogen) atoms. The van der Waals surface area contributed by atoms with E-state index in [2.05, 4.69) is 0 Å². The molecule has 5 atom stereocenters. The Balaban J connectivity index is 1.98. The first-order chi connectivity index (χ1) is 17.6. The normalized spacial score (nSPS) is 23.4. The van der Waals surface area contributed by atoms with Crippen LogP contribution in [0.3, 0.4) is 0 Å². The molecule has 0 saturated carbocycles. The van der Waals surface area contributed by atoms with Gasteiger partial charge in [0, 0.05) is 26.7 Å². The van der Waals surface area contributed by atoms with Crippen LogP contribution in [0, 0.1) is 5.92 Å². The minimum Gasteiger partial charge on any atom is -0.463 e. The molecule has 0 N–H and O–H groups in total. The molecule has 0 bridgehead atoms.